The predicted octanol–water partition coefficient (Wildman–Crippen LogP) is 2.04. The van der Waals surface area contributed by atoms with Crippen molar-refractivity contribution in [1.82, 2.24) is 10.3 Å². The molecule has 0 radical (unpaired) electrons. The van der Waals surface area contributed by atoms with Crippen LogP contribution in [-0.2, 0) is 19.1 Å². The van der Waals surface area contributed by atoms with Gasteiger partial charge in [-0.05, 0) is 49.2 Å². The topological polar surface area (TPSA) is 142 Å². The Morgan fingerprint density at radius 3 is 2.63 bits per heavy atom. The number of hydrogen-bond acceptors (Lipinski definition) is 9. The number of nitrogens with two attached hydrogens (primary N) is 1. The lowest BCUT2D eigenvalue weighted by Gasteiger charge is -2.36. The predicted molar refractivity (Wildman–Crippen MR) is 148 cm³/mol. The fourth-order valence-corrected chi connectivity index (χ4v) is 4.05. The van der Waals surface area contributed by atoms with E-state index in [1.807, 2.05) is 18.2 Å². The molecule has 3 heterocycles. The van der Waals surface area contributed by atoms with Gasteiger partial charge in [0.2, 0.25) is 5.60 Å². The van der Waals surface area contributed by atoms with Gasteiger partial charge in [0, 0.05) is 24.9 Å². The first-order chi connectivity index (χ1) is 19.7. The standard InChI is InChI=1S/C30H28N4O7/c1-19(31)29(37)41-30(17-38-18-30)12-10-20-8-9-26-25(14-20)34(2)28(36)24(16-39-26)33-27(35)23-15-22(11-13-32-23)40-21-6-4-3-5-7-21/h3-9,11,13-15,19,24H,16-18,31H2,1-2H3,(H,33,35)/t19-,24-/m0/s1. The van der Waals surface area contributed by atoms with Crippen molar-refractivity contribution in [2.75, 3.05) is 31.8 Å². The zero-order valence-electron chi connectivity index (χ0n) is 22.5. The summed E-state index contributed by atoms with van der Waals surface area (Å²) in [5, 5.41) is 2.71. The lowest BCUT2D eigenvalue weighted by atomic mass is 10.0. The van der Waals surface area contributed by atoms with Crippen LogP contribution < -0.4 is 25.4 Å². The Morgan fingerprint density at radius 2 is 1.93 bits per heavy atom. The molecule has 1 saturated heterocycles. The van der Waals surface area contributed by atoms with Gasteiger partial charge in [-0.15, -0.1) is 0 Å². The zero-order valence-corrected chi connectivity index (χ0v) is 22.5. The van der Waals surface area contributed by atoms with Crippen LogP contribution in [0.3, 0.4) is 0 Å². The first-order valence-electron chi connectivity index (χ1n) is 12.9. The van der Waals surface area contributed by atoms with E-state index in [1.54, 1.807) is 43.4 Å². The van der Waals surface area contributed by atoms with Crippen molar-refractivity contribution in [3.8, 4) is 29.1 Å². The monoisotopic (exact) mass is 556 g/mol. The molecule has 0 saturated carbocycles. The van der Waals surface area contributed by atoms with E-state index in [2.05, 4.69) is 22.1 Å². The van der Waals surface area contributed by atoms with Gasteiger partial charge in [0.1, 0.15) is 54.8 Å². The summed E-state index contributed by atoms with van der Waals surface area (Å²) in [5.74, 6) is 5.95. The van der Waals surface area contributed by atoms with Gasteiger partial charge in [-0.3, -0.25) is 19.4 Å². The third-order valence-corrected chi connectivity index (χ3v) is 6.38. The Kier molecular flexibility index (Phi) is 7.87. The molecule has 11 heteroatoms. The van der Waals surface area contributed by atoms with Crippen LogP contribution in [0.25, 0.3) is 0 Å². The normalized spacial score (nSPS) is 17.8. The van der Waals surface area contributed by atoms with Crippen LogP contribution in [0.1, 0.15) is 23.0 Å². The molecule has 41 heavy (non-hydrogen) atoms. The van der Waals surface area contributed by atoms with E-state index >= 15 is 0 Å². The van der Waals surface area contributed by atoms with Gasteiger partial charge < -0.3 is 34.9 Å². The van der Waals surface area contributed by atoms with Crippen molar-refractivity contribution >= 4 is 23.5 Å². The van der Waals surface area contributed by atoms with Crippen molar-refractivity contribution in [3.05, 3.63) is 78.1 Å². The molecule has 1 aromatic heterocycles. The maximum absolute atomic E-state index is 13.3. The summed E-state index contributed by atoms with van der Waals surface area (Å²) in [5.41, 5.74) is 5.67. The number of ether oxygens (including phenoxy) is 4. The number of anilines is 1. The molecule has 2 amide bonds. The molecule has 0 spiro atoms. The number of fused-ring (bicyclic) bond motifs is 1. The number of carbonyl (C=O) groups excluding carboxylic acids is 3. The number of likely N-dealkylation sites (N-methyl/N-ethyl adjacent to an activating group) is 1. The second kappa shape index (κ2) is 11.7. The number of amides is 2. The van der Waals surface area contributed by atoms with Crippen LogP contribution in [0.5, 0.6) is 17.2 Å². The highest BCUT2D eigenvalue weighted by molar-refractivity contribution is 6.03. The number of aromatic nitrogens is 1. The first kappa shape index (κ1) is 27.6. The second-order valence-electron chi connectivity index (χ2n) is 9.66. The van der Waals surface area contributed by atoms with Gasteiger partial charge in [-0.25, -0.2) is 0 Å². The number of pyridine rings is 1. The summed E-state index contributed by atoms with van der Waals surface area (Å²) in [6.07, 6.45) is 1.46. The van der Waals surface area contributed by atoms with Crippen molar-refractivity contribution in [2.24, 2.45) is 5.73 Å². The van der Waals surface area contributed by atoms with Crippen molar-refractivity contribution < 1.29 is 33.3 Å². The van der Waals surface area contributed by atoms with Crippen molar-refractivity contribution in [1.29, 1.82) is 0 Å². The van der Waals surface area contributed by atoms with Gasteiger partial charge in [0.05, 0.1) is 5.69 Å². The minimum atomic E-state index is -1.07. The van der Waals surface area contributed by atoms with E-state index in [4.69, 9.17) is 24.7 Å². The lowest BCUT2D eigenvalue weighted by Crippen LogP contribution is -2.53. The van der Waals surface area contributed by atoms with Gasteiger partial charge >= 0.3 is 5.97 Å². The Bertz CT molecular complexity index is 1530. The molecule has 0 aliphatic carbocycles. The average Bonchev–Trinajstić information content (AvgIpc) is 3.06. The van der Waals surface area contributed by atoms with E-state index in [9.17, 15) is 14.4 Å². The van der Waals surface area contributed by atoms with Crippen LogP contribution in [-0.4, -0.2) is 67.3 Å². The number of carbonyl (C=O) groups is 3. The third-order valence-electron chi connectivity index (χ3n) is 6.38. The Labute approximate surface area is 236 Å². The van der Waals surface area contributed by atoms with E-state index in [1.165, 1.54) is 24.1 Å². The molecular formula is C30H28N4O7. The van der Waals surface area contributed by atoms with Crippen LogP contribution >= 0.6 is 0 Å². The van der Waals surface area contributed by atoms with Gasteiger partial charge in [-0.1, -0.05) is 24.1 Å². The quantitative estimate of drug-likeness (QED) is 0.344. The van der Waals surface area contributed by atoms with Crippen LogP contribution in [0.4, 0.5) is 5.69 Å². The fraction of sp³-hybridized carbons (Fsp3) is 0.267. The number of benzene rings is 2. The summed E-state index contributed by atoms with van der Waals surface area (Å²) in [4.78, 5) is 43.8. The summed E-state index contributed by atoms with van der Waals surface area (Å²) < 4.78 is 22.3. The third kappa shape index (κ3) is 6.30. The maximum atomic E-state index is 13.3. The van der Waals surface area contributed by atoms with Crippen LogP contribution in [0.2, 0.25) is 0 Å². The van der Waals surface area contributed by atoms with Crippen molar-refractivity contribution in [3.63, 3.8) is 0 Å². The summed E-state index contributed by atoms with van der Waals surface area (Å²) in [6, 6.07) is 15.6. The maximum Gasteiger partial charge on any atom is 0.324 e. The number of nitrogens with zero attached hydrogens (tertiary/aromatic N) is 2. The minimum Gasteiger partial charge on any atom is -0.489 e. The van der Waals surface area contributed by atoms with E-state index in [-0.39, 0.29) is 31.4 Å². The molecule has 2 aromatic carbocycles. The Morgan fingerprint density at radius 1 is 1.15 bits per heavy atom. The molecule has 5 rings (SSSR count). The molecule has 0 bridgehead atoms. The lowest BCUT2D eigenvalue weighted by molar-refractivity contribution is -0.193. The molecular weight excluding hydrogens is 528 g/mol. The van der Waals surface area contributed by atoms with Crippen LogP contribution in [0.15, 0.2) is 66.9 Å². The van der Waals surface area contributed by atoms with E-state index in [0.717, 1.165) is 0 Å². The number of nitrogens with one attached hydrogen (secondary N) is 1. The molecule has 210 valence electrons. The van der Waals surface area contributed by atoms with Crippen LogP contribution in [0, 0.1) is 11.8 Å². The highest BCUT2D eigenvalue weighted by Crippen LogP contribution is 2.32. The van der Waals surface area contributed by atoms with Crippen molar-refractivity contribution in [2.45, 2.75) is 24.6 Å². The zero-order chi connectivity index (χ0) is 29.0. The number of para-hydroxylation sites is 1. The summed E-state index contributed by atoms with van der Waals surface area (Å²) >= 11 is 0. The second-order valence-corrected chi connectivity index (χ2v) is 9.66. The highest BCUT2D eigenvalue weighted by Gasteiger charge is 2.42. The smallest absolute Gasteiger partial charge is 0.324 e. The molecule has 2 atom stereocenters. The molecule has 1 fully saturated rings. The SMILES string of the molecule is C[C@H](N)C(=O)OC1(C#Cc2ccc3c(c2)N(C)C(=O)[C@@H](NC(=O)c2cc(Oc4ccccc4)ccn2)CO3)COC1. The molecule has 3 aromatic rings. The van der Waals surface area contributed by atoms with E-state index < -0.39 is 29.6 Å². The van der Waals surface area contributed by atoms with Gasteiger partial charge in [0.15, 0.2) is 0 Å². The first-order valence-corrected chi connectivity index (χ1v) is 12.9. The average molecular weight is 557 g/mol. The number of hydrogen-bond donors (Lipinski definition) is 2. The molecule has 11 nitrogen and oxygen atoms in total. The minimum absolute atomic E-state index is 0.0825. The van der Waals surface area contributed by atoms with E-state index in [0.29, 0.717) is 28.5 Å². The molecule has 0 unspecified atom stereocenters. The number of esters is 1. The summed E-state index contributed by atoms with van der Waals surface area (Å²) in [7, 11) is 1.59. The van der Waals surface area contributed by atoms with Gasteiger partial charge in [0.25, 0.3) is 11.8 Å². The Hall–Kier alpha value is -4.92. The number of rotatable bonds is 6. The largest absolute Gasteiger partial charge is 0.489 e. The fourth-order valence-electron chi connectivity index (χ4n) is 4.05. The highest BCUT2D eigenvalue weighted by atomic mass is 16.6. The molecule has 2 aliphatic rings. The summed E-state index contributed by atoms with van der Waals surface area (Å²) in [6.45, 7) is 1.73. The van der Waals surface area contributed by atoms with Gasteiger partial charge in [-0.2, -0.15) is 0 Å². The molecule has 2 aliphatic heterocycles. The Balaban J connectivity index is 1.28. The molecule has 3 N–H and O–H groups in total.